The first-order valence-corrected chi connectivity index (χ1v) is 6.30. The van der Waals surface area contributed by atoms with Crippen molar-refractivity contribution in [3.8, 4) is 0 Å². The minimum atomic E-state index is -0.672. The van der Waals surface area contributed by atoms with E-state index >= 15 is 0 Å². The second-order valence-corrected chi connectivity index (χ2v) is 5.02. The lowest BCUT2D eigenvalue weighted by molar-refractivity contribution is -0.105. The summed E-state index contributed by atoms with van der Waals surface area (Å²) in [5.41, 5.74) is 0.181. The maximum Gasteiger partial charge on any atom is 0.0855 e. The van der Waals surface area contributed by atoms with Crippen LogP contribution in [-0.4, -0.2) is 38.4 Å². The van der Waals surface area contributed by atoms with Crippen molar-refractivity contribution in [2.45, 2.75) is 50.7 Å². The third-order valence-electron chi connectivity index (χ3n) is 3.30. The van der Waals surface area contributed by atoms with E-state index in [2.05, 4.69) is 17.2 Å². The predicted octanol–water partition coefficient (Wildman–Crippen LogP) is 1.07. The Labute approximate surface area is 102 Å². The first-order chi connectivity index (χ1) is 8.11. The Morgan fingerprint density at radius 2 is 2.47 bits per heavy atom. The molecule has 2 rings (SSSR count). The molecule has 96 valence electrons. The molecule has 0 saturated carbocycles. The molecule has 1 fully saturated rings. The zero-order valence-electron chi connectivity index (χ0n) is 10.6. The molecule has 1 aromatic rings. The summed E-state index contributed by atoms with van der Waals surface area (Å²) < 4.78 is 7.32. The number of aliphatic hydroxyl groups is 1. The molecule has 0 amide bonds. The summed E-state index contributed by atoms with van der Waals surface area (Å²) in [4.78, 5) is 0. The van der Waals surface area contributed by atoms with Crippen molar-refractivity contribution < 1.29 is 9.84 Å². The first kappa shape index (κ1) is 12.5. The summed E-state index contributed by atoms with van der Waals surface area (Å²) in [5, 5.41) is 18.5. The Hall–Kier alpha value is -0.940. The van der Waals surface area contributed by atoms with Gasteiger partial charge in [0.25, 0.3) is 0 Å². The van der Waals surface area contributed by atoms with Crippen LogP contribution in [0.25, 0.3) is 0 Å². The van der Waals surface area contributed by atoms with Crippen molar-refractivity contribution in [1.82, 2.24) is 15.0 Å². The van der Waals surface area contributed by atoms with Gasteiger partial charge in [0.15, 0.2) is 0 Å². The van der Waals surface area contributed by atoms with Gasteiger partial charge in [-0.2, -0.15) is 0 Å². The number of aromatic nitrogens is 3. The largest absolute Gasteiger partial charge is 0.389 e. The number of rotatable bonds is 4. The van der Waals surface area contributed by atoms with Crippen LogP contribution in [0.5, 0.6) is 0 Å². The maximum absolute atomic E-state index is 10.6. The smallest absolute Gasteiger partial charge is 0.0855 e. The molecule has 0 aromatic carbocycles. The van der Waals surface area contributed by atoms with Gasteiger partial charge in [-0.15, -0.1) is 5.10 Å². The van der Waals surface area contributed by atoms with Gasteiger partial charge in [0.1, 0.15) is 0 Å². The van der Waals surface area contributed by atoms with E-state index in [0.717, 1.165) is 18.5 Å². The van der Waals surface area contributed by atoms with E-state index < -0.39 is 5.60 Å². The molecule has 1 aliphatic heterocycles. The molecular formula is C12H21N3O2. The quantitative estimate of drug-likeness (QED) is 0.853. The number of ether oxygens (including phenoxy) is 1. The third kappa shape index (κ3) is 3.26. The Bertz CT molecular complexity index is 364. The fraction of sp³-hybridized carbons (Fsp3) is 0.833. The molecule has 0 bridgehead atoms. The van der Waals surface area contributed by atoms with E-state index in [-0.39, 0.29) is 6.10 Å². The van der Waals surface area contributed by atoms with Gasteiger partial charge in [-0.05, 0) is 12.8 Å². The second kappa shape index (κ2) is 5.14. The highest BCUT2D eigenvalue weighted by Gasteiger charge is 2.35. The zero-order chi connectivity index (χ0) is 12.3. The number of aryl methyl sites for hydroxylation is 1. The van der Waals surface area contributed by atoms with Gasteiger partial charge in [0, 0.05) is 32.7 Å². The van der Waals surface area contributed by atoms with Crippen LogP contribution in [0.2, 0.25) is 0 Å². The second-order valence-electron chi connectivity index (χ2n) is 5.02. The van der Waals surface area contributed by atoms with Crippen molar-refractivity contribution in [3.05, 3.63) is 11.9 Å². The standard InChI is InChI=1S/C12H21N3O2/c1-3-4-11-8-12(16,5-6-17-11)7-10-9-15(2)14-13-10/h9,11,16H,3-8H2,1-2H3. The van der Waals surface area contributed by atoms with Crippen molar-refractivity contribution in [3.63, 3.8) is 0 Å². The van der Waals surface area contributed by atoms with Crippen LogP contribution >= 0.6 is 0 Å². The Balaban J connectivity index is 1.97. The van der Waals surface area contributed by atoms with E-state index in [1.165, 1.54) is 0 Å². The SMILES string of the molecule is CCCC1CC(O)(Cc2cn(C)nn2)CCO1. The molecule has 2 atom stereocenters. The minimum Gasteiger partial charge on any atom is -0.389 e. The van der Waals surface area contributed by atoms with E-state index in [0.29, 0.717) is 25.9 Å². The molecule has 1 aromatic heterocycles. The molecule has 1 N–H and O–H groups in total. The van der Waals surface area contributed by atoms with E-state index in [1.807, 2.05) is 13.2 Å². The number of hydrogen-bond acceptors (Lipinski definition) is 4. The van der Waals surface area contributed by atoms with Gasteiger partial charge in [0.2, 0.25) is 0 Å². The third-order valence-corrected chi connectivity index (χ3v) is 3.30. The van der Waals surface area contributed by atoms with Crippen LogP contribution in [0.1, 0.15) is 38.3 Å². The molecule has 5 nitrogen and oxygen atoms in total. The highest BCUT2D eigenvalue weighted by atomic mass is 16.5. The number of hydrogen-bond donors (Lipinski definition) is 1. The summed E-state index contributed by atoms with van der Waals surface area (Å²) in [7, 11) is 1.84. The van der Waals surface area contributed by atoms with Gasteiger partial charge in [-0.25, -0.2) is 0 Å². The van der Waals surface area contributed by atoms with Crippen molar-refractivity contribution in [2.75, 3.05) is 6.61 Å². The van der Waals surface area contributed by atoms with Crippen LogP contribution in [0, 0.1) is 0 Å². The zero-order valence-corrected chi connectivity index (χ0v) is 10.6. The van der Waals surface area contributed by atoms with Crippen molar-refractivity contribution >= 4 is 0 Å². The van der Waals surface area contributed by atoms with E-state index in [9.17, 15) is 5.11 Å². The van der Waals surface area contributed by atoms with Gasteiger partial charge < -0.3 is 9.84 Å². The lowest BCUT2D eigenvalue weighted by Gasteiger charge is -2.36. The molecule has 1 aliphatic rings. The highest BCUT2D eigenvalue weighted by molar-refractivity contribution is 5.01. The van der Waals surface area contributed by atoms with E-state index in [1.54, 1.807) is 4.68 Å². The molecule has 2 unspecified atom stereocenters. The number of nitrogens with zero attached hydrogens (tertiary/aromatic N) is 3. The molecule has 5 heteroatoms. The molecule has 2 heterocycles. The topological polar surface area (TPSA) is 60.2 Å². The molecule has 0 radical (unpaired) electrons. The summed E-state index contributed by atoms with van der Waals surface area (Å²) in [6.07, 6.45) is 6.12. The fourth-order valence-corrected chi connectivity index (χ4v) is 2.48. The fourth-order valence-electron chi connectivity index (χ4n) is 2.48. The van der Waals surface area contributed by atoms with Crippen LogP contribution in [0.3, 0.4) is 0 Å². The van der Waals surface area contributed by atoms with Gasteiger partial charge in [-0.1, -0.05) is 18.6 Å². The van der Waals surface area contributed by atoms with Gasteiger partial charge in [-0.3, -0.25) is 4.68 Å². The summed E-state index contributed by atoms with van der Waals surface area (Å²) in [5.74, 6) is 0. The molecular weight excluding hydrogens is 218 g/mol. The van der Waals surface area contributed by atoms with Crippen LogP contribution in [0.15, 0.2) is 6.20 Å². The minimum absolute atomic E-state index is 0.190. The summed E-state index contributed by atoms with van der Waals surface area (Å²) in [6, 6.07) is 0. The Morgan fingerprint density at radius 3 is 3.12 bits per heavy atom. The Morgan fingerprint density at radius 1 is 1.65 bits per heavy atom. The summed E-state index contributed by atoms with van der Waals surface area (Å²) in [6.45, 7) is 2.78. The maximum atomic E-state index is 10.6. The van der Waals surface area contributed by atoms with Gasteiger partial charge >= 0.3 is 0 Å². The average Bonchev–Trinajstić information content (AvgIpc) is 2.63. The molecule has 0 spiro atoms. The van der Waals surface area contributed by atoms with Crippen LogP contribution < -0.4 is 0 Å². The molecule has 17 heavy (non-hydrogen) atoms. The lowest BCUT2D eigenvalue weighted by atomic mass is 9.85. The van der Waals surface area contributed by atoms with Crippen LogP contribution in [0.4, 0.5) is 0 Å². The highest BCUT2D eigenvalue weighted by Crippen LogP contribution is 2.29. The molecule has 1 saturated heterocycles. The average molecular weight is 239 g/mol. The molecule has 0 aliphatic carbocycles. The Kier molecular flexibility index (Phi) is 3.79. The van der Waals surface area contributed by atoms with Crippen LogP contribution in [-0.2, 0) is 18.2 Å². The first-order valence-electron chi connectivity index (χ1n) is 6.30. The lowest BCUT2D eigenvalue weighted by Crippen LogP contribution is -2.42. The summed E-state index contributed by atoms with van der Waals surface area (Å²) >= 11 is 0. The normalized spacial score (nSPS) is 29.5. The van der Waals surface area contributed by atoms with Gasteiger partial charge in [0.05, 0.1) is 17.4 Å². The van der Waals surface area contributed by atoms with Crippen molar-refractivity contribution in [2.24, 2.45) is 7.05 Å². The van der Waals surface area contributed by atoms with Crippen molar-refractivity contribution in [1.29, 1.82) is 0 Å². The monoisotopic (exact) mass is 239 g/mol. The predicted molar refractivity (Wildman–Crippen MR) is 63.5 cm³/mol. The van der Waals surface area contributed by atoms with E-state index in [4.69, 9.17) is 4.74 Å².